The first-order chi connectivity index (χ1) is 9.11. The van der Waals surface area contributed by atoms with Gasteiger partial charge in [0.2, 0.25) is 0 Å². The predicted molar refractivity (Wildman–Crippen MR) is 73.2 cm³/mol. The van der Waals surface area contributed by atoms with E-state index < -0.39 is 0 Å². The molecule has 1 aliphatic heterocycles. The van der Waals surface area contributed by atoms with Crippen molar-refractivity contribution in [1.29, 1.82) is 5.26 Å². The van der Waals surface area contributed by atoms with Crippen LogP contribution in [0.15, 0.2) is 24.3 Å². The summed E-state index contributed by atoms with van der Waals surface area (Å²) >= 11 is 0. The lowest BCUT2D eigenvalue weighted by Gasteiger charge is -2.38. The summed E-state index contributed by atoms with van der Waals surface area (Å²) in [6.45, 7) is 4.27. The van der Waals surface area contributed by atoms with E-state index in [4.69, 9.17) is 5.26 Å². The van der Waals surface area contributed by atoms with E-state index >= 15 is 0 Å². The van der Waals surface area contributed by atoms with Gasteiger partial charge < -0.3 is 0 Å². The standard InChI is InChI=1S/C15H19N3O/c1-11-4-3-5-12(2)18(11)17-15(19)14-8-6-13(10-16)7-9-14/h6-9,11-12H,3-5H2,1-2H3,(H,17,19). The summed E-state index contributed by atoms with van der Waals surface area (Å²) in [5.74, 6) is -0.106. The molecule has 1 fully saturated rings. The maximum absolute atomic E-state index is 12.2. The summed E-state index contributed by atoms with van der Waals surface area (Å²) in [7, 11) is 0. The second-order valence-electron chi connectivity index (χ2n) is 5.17. The van der Waals surface area contributed by atoms with E-state index in [-0.39, 0.29) is 5.91 Å². The number of hydrogen-bond acceptors (Lipinski definition) is 3. The Balaban J connectivity index is 2.05. The first-order valence-corrected chi connectivity index (χ1v) is 6.71. The highest BCUT2D eigenvalue weighted by Gasteiger charge is 2.26. The van der Waals surface area contributed by atoms with Gasteiger partial charge in [-0.25, -0.2) is 5.01 Å². The van der Waals surface area contributed by atoms with Crippen LogP contribution in [0.3, 0.4) is 0 Å². The number of benzene rings is 1. The molecule has 1 aromatic carbocycles. The molecule has 1 N–H and O–H groups in total. The molecule has 0 aromatic heterocycles. The van der Waals surface area contributed by atoms with E-state index in [1.807, 2.05) is 11.1 Å². The molecule has 2 atom stereocenters. The summed E-state index contributed by atoms with van der Waals surface area (Å²) in [5, 5.41) is 10.8. The Morgan fingerprint density at radius 2 is 1.84 bits per heavy atom. The van der Waals surface area contributed by atoms with E-state index in [1.54, 1.807) is 24.3 Å². The monoisotopic (exact) mass is 257 g/mol. The highest BCUT2D eigenvalue weighted by molar-refractivity contribution is 5.93. The van der Waals surface area contributed by atoms with Gasteiger partial charge >= 0.3 is 0 Å². The number of nitrogens with one attached hydrogen (secondary N) is 1. The Hall–Kier alpha value is -1.86. The third kappa shape index (κ3) is 3.12. The molecular weight excluding hydrogens is 238 g/mol. The predicted octanol–water partition coefficient (Wildman–Crippen LogP) is 2.47. The number of carbonyl (C=O) groups is 1. The van der Waals surface area contributed by atoms with Gasteiger partial charge in [-0.15, -0.1) is 0 Å². The summed E-state index contributed by atoms with van der Waals surface area (Å²) < 4.78 is 0. The minimum absolute atomic E-state index is 0.106. The molecule has 1 amide bonds. The molecule has 1 saturated heterocycles. The lowest BCUT2D eigenvalue weighted by molar-refractivity contribution is 0.0370. The van der Waals surface area contributed by atoms with Gasteiger partial charge in [-0.2, -0.15) is 5.26 Å². The normalized spacial score (nSPS) is 23.6. The van der Waals surface area contributed by atoms with Gasteiger partial charge in [0.05, 0.1) is 11.6 Å². The lowest BCUT2D eigenvalue weighted by atomic mass is 10.00. The van der Waals surface area contributed by atoms with Crippen LogP contribution in [0.5, 0.6) is 0 Å². The van der Waals surface area contributed by atoms with Crippen molar-refractivity contribution in [2.75, 3.05) is 0 Å². The molecule has 0 saturated carbocycles. The third-order valence-corrected chi connectivity index (χ3v) is 3.70. The van der Waals surface area contributed by atoms with Crippen molar-refractivity contribution in [1.82, 2.24) is 10.4 Å². The molecule has 0 aliphatic carbocycles. The molecule has 0 spiro atoms. The number of rotatable bonds is 2. The van der Waals surface area contributed by atoms with Gasteiger partial charge in [0.15, 0.2) is 0 Å². The fraction of sp³-hybridized carbons (Fsp3) is 0.467. The van der Waals surface area contributed by atoms with Crippen LogP contribution in [0.2, 0.25) is 0 Å². The average Bonchev–Trinajstić information content (AvgIpc) is 2.43. The van der Waals surface area contributed by atoms with Crippen molar-refractivity contribution in [2.24, 2.45) is 0 Å². The van der Waals surface area contributed by atoms with Crippen molar-refractivity contribution >= 4 is 5.91 Å². The second-order valence-corrected chi connectivity index (χ2v) is 5.17. The average molecular weight is 257 g/mol. The number of hydrazine groups is 1. The smallest absolute Gasteiger partial charge is 0.265 e. The quantitative estimate of drug-likeness (QED) is 0.885. The molecule has 0 bridgehead atoms. The zero-order valence-electron chi connectivity index (χ0n) is 11.4. The fourth-order valence-corrected chi connectivity index (χ4v) is 2.52. The first-order valence-electron chi connectivity index (χ1n) is 6.71. The largest absolute Gasteiger partial charge is 0.284 e. The molecule has 4 nitrogen and oxygen atoms in total. The Kier molecular flexibility index (Phi) is 4.18. The Morgan fingerprint density at radius 3 is 2.37 bits per heavy atom. The van der Waals surface area contributed by atoms with Crippen LogP contribution in [-0.2, 0) is 0 Å². The SMILES string of the molecule is CC1CCCC(C)N1NC(=O)c1ccc(C#N)cc1. The highest BCUT2D eigenvalue weighted by atomic mass is 16.2. The summed E-state index contributed by atoms with van der Waals surface area (Å²) in [5.41, 5.74) is 4.14. The van der Waals surface area contributed by atoms with Crippen LogP contribution < -0.4 is 5.43 Å². The van der Waals surface area contributed by atoms with Gasteiger partial charge in [0.1, 0.15) is 0 Å². The molecule has 19 heavy (non-hydrogen) atoms. The molecular formula is C15H19N3O. The van der Waals surface area contributed by atoms with Gasteiger partial charge in [0, 0.05) is 17.6 Å². The Labute approximate surface area is 114 Å². The van der Waals surface area contributed by atoms with Crippen molar-refractivity contribution in [2.45, 2.75) is 45.2 Å². The Bertz CT molecular complexity index is 479. The van der Waals surface area contributed by atoms with Crippen molar-refractivity contribution in [3.05, 3.63) is 35.4 Å². The van der Waals surface area contributed by atoms with Crippen LogP contribution >= 0.6 is 0 Å². The maximum atomic E-state index is 12.2. The van der Waals surface area contributed by atoms with E-state index in [9.17, 15) is 4.79 Å². The van der Waals surface area contributed by atoms with Crippen molar-refractivity contribution < 1.29 is 4.79 Å². The number of carbonyl (C=O) groups excluding carboxylic acids is 1. The minimum Gasteiger partial charge on any atom is -0.284 e. The van der Waals surface area contributed by atoms with Crippen LogP contribution in [-0.4, -0.2) is 23.0 Å². The number of hydrogen-bond donors (Lipinski definition) is 1. The lowest BCUT2D eigenvalue weighted by Crippen LogP contribution is -2.54. The zero-order valence-corrected chi connectivity index (χ0v) is 11.4. The van der Waals surface area contributed by atoms with Crippen LogP contribution in [0.25, 0.3) is 0 Å². The highest BCUT2D eigenvalue weighted by Crippen LogP contribution is 2.20. The molecule has 2 rings (SSSR count). The van der Waals surface area contributed by atoms with E-state index in [0.717, 1.165) is 12.8 Å². The maximum Gasteiger partial charge on any atom is 0.265 e. The molecule has 100 valence electrons. The summed E-state index contributed by atoms with van der Waals surface area (Å²) in [6.07, 6.45) is 3.43. The van der Waals surface area contributed by atoms with Crippen LogP contribution in [0.4, 0.5) is 0 Å². The van der Waals surface area contributed by atoms with Gasteiger partial charge in [-0.1, -0.05) is 6.42 Å². The fourth-order valence-electron chi connectivity index (χ4n) is 2.52. The topological polar surface area (TPSA) is 56.1 Å². The van der Waals surface area contributed by atoms with Crippen molar-refractivity contribution in [3.63, 3.8) is 0 Å². The minimum atomic E-state index is -0.106. The van der Waals surface area contributed by atoms with Crippen molar-refractivity contribution in [3.8, 4) is 6.07 Å². The molecule has 1 aliphatic rings. The first kappa shape index (κ1) is 13.6. The van der Waals surface area contributed by atoms with E-state index in [0.29, 0.717) is 23.2 Å². The van der Waals surface area contributed by atoms with Gasteiger partial charge in [-0.3, -0.25) is 10.2 Å². The second kappa shape index (κ2) is 5.85. The van der Waals surface area contributed by atoms with E-state index in [2.05, 4.69) is 19.3 Å². The van der Waals surface area contributed by atoms with Crippen LogP contribution in [0.1, 0.15) is 49.0 Å². The van der Waals surface area contributed by atoms with Gasteiger partial charge in [-0.05, 0) is 51.0 Å². The van der Waals surface area contributed by atoms with E-state index in [1.165, 1.54) is 6.42 Å². The summed E-state index contributed by atoms with van der Waals surface area (Å²) in [4.78, 5) is 12.2. The number of piperidine rings is 1. The molecule has 2 unspecified atom stereocenters. The molecule has 1 heterocycles. The van der Waals surface area contributed by atoms with Gasteiger partial charge in [0.25, 0.3) is 5.91 Å². The third-order valence-electron chi connectivity index (χ3n) is 3.70. The van der Waals surface area contributed by atoms with Crippen LogP contribution in [0, 0.1) is 11.3 Å². The number of nitrogens with zero attached hydrogens (tertiary/aromatic N) is 2. The molecule has 1 aromatic rings. The number of nitriles is 1. The molecule has 0 radical (unpaired) electrons. The zero-order chi connectivity index (χ0) is 13.8. The summed E-state index contributed by atoms with van der Waals surface area (Å²) in [6, 6.07) is 9.48. The Morgan fingerprint density at radius 1 is 1.26 bits per heavy atom. The molecule has 4 heteroatoms. The number of amides is 1.